The molecule has 1 aromatic heterocycles. The lowest BCUT2D eigenvalue weighted by molar-refractivity contribution is 0.217. The number of aromatic nitrogens is 2. The van der Waals surface area contributed by atoms with Crippen LogP contribution in [-0.4, -0.2) is 15.9 Å². The van der Waals surface area contributed by atoms with Crippen LogP contribution in [0.1, 0.15) is 31.5 Å². The highest BCUT2D eigenvalue weighted by Gasteiger charge is 2.13. The molecule has 1 unspecified atom stereocenters. The molecule has 1 heterocycles. The first-order chi connectivity index (χ1) is 10.0. The summed E-state index contributed by atoms with van der Waals surface area (Å²) in [7, 11) is 1.82. The van der Waals surface area contributed by atoms with Gasteiger partial charge in [0.05, 0.1) is 11.8 Å². The minimum atomic E-state index is 0.175. The molecule has 1 N–H and O–H groups in total. The fourth-order valence-corrected chi connectivity index (χ4v) is 2.03. The van der Waals surface area contributed by atoms with Gasteiger partial charge in [0.1, 0.15) is 23.2 Å². The number of hydrogen-bond donors (Lipinski definition) is 1. The maximum Gasteiger partial charge on any atom is 0.146 e. The molecule has 0 aliphatic heterocycles. The number of anilines is 2. The highest BCUT2D eigenvalue weighted by molar-refractivity contribution is 5.65. The monoisotopic (exact) mass is 284 g/mol. The Kier molecular flexibility index (Phi) is 4.49. The number of aryl methyl sites for hydroxylation is 2. The average Bonchev–Trinajstić information content (AvgIpc) is 2.73. The highest BCUT2D eigenvalue weighted by Crippen LogP contribution is 2.25. The van der Waals surface area contributed by atoms with Gasteiger partial charge < -0.3 is 10.1 Å². The zero-order valence-electron chi connectivity index (χ0n) is 12.8. The van der Waals surface area contributed by atoms with Crippen LogP contribution < -0.4 is 10.1 Å². The summed E-state index contributed by atoms with van der Waals surface area (Å²) in [5.41, 5.74) is 2.15. The van der Waals surface area contributed by atoms with E-state index in [0.717, 1.165) is 23.6 Å². The first-order valence-corrected chi connectivity index (χ1v) is 7.02. The number of hydrogen-bond acceptors (Lipinski definition) is 4. The van der Waals surface area contributed by atoms with Gasteiger partial charge in [0.2, 0.25) is 0 Å². The van der Waals surface area contributed by atoms with E-state index < -0.39 is 0 Å². The molecule has 5 heteroatoms. The number of rotatable bonds is 5. The van der Waals surface area contributed by atoms with Gasteiger partial charge in [0, 0.05) is 18.8 Å². The van der Waals surface area contributed by atoms with Crippen LogP contribution in [-0.2, 0) is 7.05 Å². The van der Waals surface area contributed by atoms with E-state index >= 15 is 0 Å². The number of nitrogens with zero attached hydrogens (tertiary/aromatic N) is 3. The van der Waals surface area contributed by atoms with E-state index in [9.17, 15) is 5.26 Å². The van der Waals surface area contributed by atoms with Crippen molar-refractivity contribution in [2.75, 3.05) is 5.32 Å². The zero-order valence-corrected chi connectivity index (χ0v) is 12.8. The van der Waals surface area contributed by atoms with E-state index in [1.165, 1.54) is 0 Å². The van der Waals surface area contributed by atoms with Gasteiger partial charge in [-0.15, -0.1) is 0 Å². The molecule has 2 rings (SSSR count). The SMILES string of the molecule is CCC(C)Oc1cccc(Nc2c(C#N)c(C)nn2C)c1. The maximum atomic E-state index is 9.23. The molecule has 21 heavy (non-hydrogen) atoms. The average molecular weight is 284 g/mol. The van der Waals surface area contributed by atoms with E-state index in [4.69, 9.17) is 4.74 Å². The molecule has 0 radical (unpaired) electrons. The molecule has 5 nitrogen and oxygen atoms in total. The van der Waals surface area contributed by atoms with Gasteiger partial charge in [-0.05, 0) is 32.4 Å². The third kappa shape index (κ3) is 3.34. The molecule has 1 atom stereocenters. The van der Waals surface area contributed by atoms with Crippen molar-refractivity contribution in [2.45, 2.75) is 33.3 Å². The second-order valence-electron chi connectivity index (χ2n) is 5.03. The zero-order chi connectivity index (χ0) is 15.4. The summed E-state index contributed by atoms with van der Waals surface area (Å²) in [5.74, 6) is 1.50. The van der Waals surface area contributed by atoms with Gasteiger partial charge in [0.15, 0.2) is 0 Å². The van der Waals surface area contributed by atoms with Crippen molar-refractivity contribution in [2.24, 2.45) is 7.05 Å². The topological polar surface area (TPSA) is 62.9 Å². The largest absolute Gasteiger partial charge is 0.491 e. The lowest BCUT2D eigenvalue weighted by atomic mass is 10.2. The van der Waals surface area contributed by atoms with Crippen molar-refractivity contribution in [3.63, 3.8) is 0 Å². The van der Waals surface area contributed by atoms with Crippen LogP contribution in [0.3, 0.4) is 0 Å². The van der Waals surface area contributed by atoms with Gasteiger partial charge in [-0.1, -0.05) is 13.0 Å². The smallest absolute Gasteiger partial charge is 0.146 e. The summed E-state index contributed by atoms with van der Waals surface area (Å²) >= 11 is 0. The predicted molar refractivity (Wildman–Crippen MR) is 82.8 cm³/mol. The van der Waals surface area contributed by atoms with Crippen molar-refractivity contribution in [3.8, 4) is 11.8 Å². The van der Waals surface area contributed by atoms with Crippen LogP contribution in [0.5, 0.6) is 5.75 Å². The Morgan fingerprint density at radius 2 is 2.24 bits per heavy atom. The molecule has 2 aromatic rings. The van der Waals surface area contributed by atoms with E-state index in [-0.39, 0.29) is 6.10 Å². The maximum absolute atomic E-state index is 9.23. The summed E-state index contributed by atoms with van der Waals surface area (Å²) in [6.45, 7) is 5.95. The molecule has 1 aromatic carbocycles. The fourth-order valence-electron chi connectivity index (χ4n) is 2.03. The summed E-state index contributed by atoms with van der Waals surface area (Å²) in [4.78, 5) is 0. The van der Waals surface area contributed by atoms with Crippen LogP contribution in [0.25, 0.3) is 0 Å². The lowest BCUT2D eigenvalue weighted by Crippen LogP contribution is -2.09. The van der Waals surface area contributed by atoms with Crippen molar-refractivity contribution in [1.29, 1.82) is 5.26 Å². The van der Waals surface area contributed by atoms with Crippen LogP contribution in [0.2, 0.25) is 0 Å². The van der Waals surface area contributed by atoms with Crippen LogP contribution in [0, 0.1) is 18.3 Å². The van der Waals surface area contributed by atoms with Crippen molar-refractivity contribution >= 4 is 11.5 Å². The third-order valence-electron chi connectivity index (χ3n) is 3.34. The van der Waals surface area contributed by atoms with E-state index in [2.05, 4.69) is 23.4 Å². The van der Waals surface area contributed by atoms with Gasteiger partial charge in [-0.3, -0.25) is 4.68 Å². The minimum absolute atomic E-state index is 0.175. The third-order valence-corrected chi connectivity index (χ3v) is 3.34. The minimum Gasteiger partial charge on any atom is -0.491 e. The van der Waals surface area contributed by atoms with E-state index in [1.807, 2.05) is 45.2 Å². The second kappa shape index (κ2) is 6.31. The molecule has 110 valence electrons. The van der Waals surface area contributed by atoms with E-state index in [1.54, 1.807) is 4.68 Å². The summed E-state index contributed by atoms with van der Waals surface area (Å²) in [6.07, 6.45) is 1.13. The molecule has 0 bridgehead atoms. The van der Waals surface area contributed by atoms with Crippen LogP contribution in [0.4, 0.5) is 11.5 Å². The standard InChI is InChI=1S/C16H20N4O/c1-5-11(2)21-14-8-6-7-13(9-14)18-16-15(10-17)12(3)19-20(16)4/h6-9,11,18H,5H2,1-4H3. The molecule has 0 saturated heterocycles. The Hall–Kier alpha value is -2.48. The molecule has 0 spiro atoms. The Balaban J connectivity index is 2.25. The number of ether oxygens (including phenoxy) is 1. The van der Waals surface area contributed by atoms with E-state index in [0.29, 0.717) is 11.4 Å². The number of nitriles is 1. The molecular formula is C16H20N4O. The summed E-state index contributed by atoms with van der Waals surface area (Å²) < 4.78 is 7.48. The van der Waals surface area contributed by atoms with Gasteiger partial charge >= 0.3 is 0 Å². The second-order valence-corrected chi connectivity index (χ2v) is 5.03. The molecule has 0 fully saturated rings. The number of nitrogens with one attached hydrogen (secondary N) is 1. The molecule has 0 amide bonds. The summed E-state index contributed by atoms with van der Waals surface area (Å²) in [6, 6.07) is 9.90. The number of benzene rings is 1. The Morgan fingerprint density at radius 3 is 2.90 bits per heavy atom. The normalized spacial score (nSPS) is 11.8. The van der Waals surface area contributed by atoms with Crippen molar-refractivity contribution < 1.29 is 4.74 Å². The van der Waals surface area contributed by atoms with Crippen LogP contribution in [0.15, 0.2) is 24.3 Å². The van der Waals surface area contributed by atoms with Gasteiger partial charge in [-0.2, -0.15) is 10.4 Å². The Bertz CT molecular complexity index is 669. The summed E-state index contributed by atoms with van der Waals surface area (Å²) in [5, 5.41) is 16.7. The Morgan fingerprint density at radius 1 is 1.48 bits per heavy atom. The van der Waals surface area contributed by atoms with Crippen molar-refractivity contribution in [3.05, 3.63) is 35.5 Å². The fraction of sp³-hybridized carbons (Fsp3) is 0.375. The van der Waals surface area contributed by atoms with Gasteiger partial charge in [0.25, 0.3) is 0 Å². The van der Waals surface area contributed by atoms with Crippen molar-refractivity contribution in [1.82, 2.24) is 9.78 Å². The Labute approximate surface area is 125 Å². The molecular weight excluding hydrogens is 264 g/mol. The molecule has 0 saturated carbocycles. The highest BCUT2D eigenvalue weighted by atomic mass is 16.5. The van der Waals surface area contributed by atoms with Gasteiger partial charge in [-0.25, -0.2) is 0 Å². The molecule has 0 aliphatic rings. The predicted octanol–water partition coefficient (Wildman–Crippen LogP) is 3.52. The van der Waals surface area contributed by atoms with Crippen LogP contribution >= 0.6 is 0 Å². The first kappa shape index (κ1) is 14.9. The molecule has 0 aliphatic carbocycles. The first-order valence-electron chi connectivity index (χ1n) is 7.02. The lowest BCUT2D eigenvalue weighted by Gasteiger charge is -2.14. The quantitative estimate of drug-likeness (QED) is 0.912.